The number of nitrogens with zero attached hydrogens (tertiary/aromatic N) is 1. The lowest BCUT2D eigenvalue weighted by Gasteiger charge is -2.20. The second kappa shape index (κ2) is 7.96. The van der Waals surface area contributed by atoms with E-state index in [1.165, 1.54) is 0 Å². The monoisotopic (exact) mass is 451 g/mol. The molecule has 164 valence electrons. The molecule has 0 aliphatic carbocycles. The van der Waals surface area contributed by atoms with Crippen molar-refractivity contribution in [2.75, 3.05) is 0 Å². The van der Waals surface area contributed by atoms with Gasteiger partial charge in [-0.1, -0.05) is 45.0 Å². The number of hydrogen-bond acceptors (Lipinski definition) is 5. The molecule has 0 atom stereocenters. The molecule has 2 aromatic rings. The maximum Gasteiger partial charge on any atom is 0.420 e. The van der Waals surface area contributed by atoms with Crippen LogP contribution in [0.2, 0.25) is 0 Å². The predicted octanol–water partition coefficient (Wildman–Crippen LogP) is 5.65. The van der Waals surface area contributed by atoms with E-state index in [9.17, 15) is 33.0 Å². The van der Waals surface area contributed by atoms with Gasteiger partial charge in [-0.05, 0) is 52.1 Å². The van der Waals surface area contributed by atoms with Crippen LogP contribution < -0.4 is 0 Å². The molecule has 0 aromatic heterocycles. The van der Waals surface area contributed by atoms with E-state index in [1.54, 1.807) is 0 Å². The standard InChI is InChI=1S/C22H20F3NO4S/c1-21(2,3)14-6-4-12(5-7-14)11-26-19(29)17(31-20(26)30)10-13-8-15(22(23,24)25)18(28)16(27)9-13/h4-10,27-28H,11H2,1-3H3. The van der Waals surface area contributed by atoms with Crippen LogP contribution in [0.1, 0.15) is 43.0 Å². The van der Waals surface area contributed by atoms with Gasteiger partial charge >= 0.3 is 6.18 Å². The summed E-state index contributed by atoms with van der Waals surface area (Å²) in [5, 5.41) is 18.5. The molecule has 0 unspecified atom stereocenters. The first-order chi connectivity index (χ1) is 14.3. The van der Waals surface area contributed by atoms with E-state index in [2.05, 4.69) is 20.8 Å². The van der Waals surface area contributed by atoms with Gasteiger partial charge in [-0.3, -0.25) is 14.5 Å². The Morgan fingerprint density at radius 3 is 2.19 bits per heavy atom. The number of aromatic hydroxyl groups is 2. The number of phenols is 2. The Balaban J connectivity index is 1.85. The molecule has 1 aliphatic heterocycles. The van der Waals surface area contributed by atoms with Crippen LogP contribution in [0, 0.1) is 0 Å². The van der Waals surface area contributed by atoms with E-state index < -0.39 is 34.4 Å². The summed E-state index contributed by atoms with van der Waals surface area (Å²) in [6.07, 6.45) is -3.81. The van der Waals surface area contributed by atoms with Crippen LogP contribution in [0.25, 0.3) is 6.08 Å². The Hall–Kier alpha value is -2.94. The molecule has 0 saturated carbocycles. The molecule has 0 spiro atoms. The van der Waals surface area contributed by atoms with E-state index in [4.69, 9.17) is 0 Å². The van der Waals surface area contributed by atoms with Crippen LogP contribution >= 0.6 is 11.8 Å². The van der Waals surface area contributed by atoms with Crippen LogP contribution in [-0.4, -0.2) is 26.3 Å². The van der Waals surface area contributed by atoms with Crippen molar-refractivity contribution in [3.8, 4) is 11.5 Å². The van der Waals surface area contributed by atoms with Gasteiger partial charge in [-0.15, -0.1) is 0 Å². The average molecular weight is 451 g/mol. The van der Waals surface area contributed by atoms with Gasteiger partial charge < -0.3 is 10.2 Å². The second-order valence-corrected chi connectivity index (χ2v) is 9.14. The maximum absolute atomic E-state index is 13.0. The molecule has 0 bridgehead atoms. The molecule has 2 N–H and O–H groups in total. The first kappa shape index (κ1) is 22.7. The normalized spacial score (nSPS) is 16.5. The number of alkyl halides is 3. The molecule has 1 heterocycles. The largest absolute Gasteiger partial charge is 0.504 e. The molecule has 1 fully saturated rings. The van der Waals surface area contributed by atoms with Crippen LogP contribution in [0.3, 0.4) is 0 Å². The third-order valence-corrected chi connectivity index (χ3v) is 5.66. The van der Waals surface area contributed by atoms with Crippen molar-refractivity contribution < 1.29 is 33.0 Å². The smallest absolute Gasteiger partial charge is 0.420 e. The van der Waals surface area contributed by atoms with Crippen molar-refractivity contribution >= 4 is 29.0 Å². The maximum atomic E-state index is 13.0. The Morgan fingerprint density at radius 2 is 1.65 bits per heavy atom. The fraction of sp³-hybridized carbons (Fsp3) is 0.273. The molecule has 1 aliphatic rings. The molecule has 0 radical (unpaired) electrons. The van der Waals surface area contributed by atoms with Gasteiger partial charge in [0.1, 0.15) is 5.56 Å². The second-order valence-electron chi connectivity index (χ2n) is 8.15. The number of amides is 2. The lowest BCUT2D eigenvalue weighted by atomic mass is 9.87. The minimum Gasteiger partial charge on any atom is -0.504 e. The topological polar surface area (TPSA) is 77.8 Å². The summed E-state index contributed by atoms with van der Waals surface area (Å²) < 4.78 is 39.1. The molecule has 2 amide bonds. The molecular formula is C22H20F3NO4S. The van der Waals surface area contributed by atoms with Crippen LogP contribution in [0.5, 0.6) is 11.5 Å². The van der Waals surface area contributed by atoms with Gasteiger partial charge in [0.25, 0.3) is 11.1 Å². The zero-order chi connectivity index (χ0) is 23.1. The minimum atomic E-state index is -4.90. The number of rotatable bonds is 3. The molecule has 31 heavy (non-hydrogen) atoms. The van der Waals surface area contributed by atoms with E-state index in [0.717, 1.165) is 28.2 Å². The first-order valence-corrected chi connectivity index (χ1v) is 10.1. The molecule has 2 aromatic carbocycles. The highest BCUT2D eigenvalue weighted by molar-refractivity contribution is 8.18. The number of thioether (sulfide) groups is 1. The third kappa shape index (κ3) is 4.87. The zero-order valence-corrected chi connectivity index (χ0v) is 17.8. The lowest BCUT2D eigenvalue weighted by molar-refractivity contribution is -0.139. The Morgan fingerprint density at radius 1 is 1.03 bits per heavy atom. The van der Waals surface area contributed by atoms with Gasteiger partial charge in [0, 0.05) is 0 Å². The van der Waals surface area contributed by atoms with E-state index in [0.29, 0.717) is 17.8 Å². The van der Waals surface area contributed by atoms with E-state index in [-0.39, 0.29) is 22.4 Å². The predicted molar refractivity (Wildman–Crippen MR) is 111 cm³/mol. The Kier molecular flexibility index (Phi) is 5.84. The Labute approximate surface area is 181 Å². The number of phenolic OH excluding ortho intramolecular Hbond substituents is 2. The molecule has 3 rings (SSSR count). The first-order valence-electron chi connectivity index (χ1n) is 9.25. The highest BCUT2D eigenvalue weighted by atomic mass is 32.2. The third-order valence-electron chi connectivity index (χ3n) is 4.75. The summed E-state index contributed by atoms with van der Waals surface area (Å²) in [4.78, 5) is 25.9. The van der Waals surface area contributed by atoms with Crippen molar-refractivity contribution in [1.29, 1.82) is 0 Å². The summed E-state index contributed by atoms with van der Waals surface area (Å²) in [5.41, 5.74) is 0.185. The summed E-state index contributed by atoms with van der Waals surface area (Å²) in [6, 6.07) is 8.98. The molecular weight excluding hydrogens is 431 g/mol. The zero-order valence-electron chi connectivity index (χ0n) is 16.9. The van der Waals surface area contributed by atoms with Crippen LogP contribution in [-0.2, 0) is 22.9 Å². The van der Waals surface area contributed by atoms with Crippen LogP contribution in [0.15, 0.2) is 41.3 Å². The van der Waals surface area contributed by atoms with Crippen molar-refractivity contribution in [3.63, 3.8) is 0 Å². The van der Waals surface area contributed by atoms with E-state index in [1.807, 2.05) is 24.3 Å². The molecule has 5 nitrogen and oxygen atoms in total. The minimum absolute atomic E-state index is 0.0288. The average Bonchev–Trinajstić information content (AvgIpc) is 2.90. The lowest BCUT2D eigenvalue weighted by Crippen LogP contribution is -2.27. The molecule has 9 heteroatoms. The number of benzene rings is 2. The number of halogens is 3. The number of carbonyl (C=O) groups excluding carboxylic acids is 2. The van der Waals surface area contributed by atoms with Crippen LogP contribution in [0.4, 0.5) is 18.0 Å². The van der Waals surface area contributed by atoms with Crippen molar-refractivity contribution in [2.24, 2.45) is 0 Å². The summed E-state index contributed by atoms with van der Waals surface area (Å²) in [6.45, 7) is 6.22. The number of hydrogen-bond donors (Lipinski definition) is 2. The fourth-order valence-electron chi connectivity index (χ4n) is 3.02. The Bertz CT molecular complexity index is 1070. The van der Waals surface area contributed by atoms with Gasteiger partial charge in [0.05, 0.1) is 11.4 Å². The van der Waals surface area contributed by atoms with Gasteiger partial charge in [0.2, 0.25) is 0 Å². The summed E-state index contributed by atoms with van der Waals surface area (Å²) >= 11 is 0.600. The molecule has 1 saturated heterocycles. The van der Waals surface area contributed by atoms with Gasteiger partial charge in [0.15, 0.2) is 11.5 Å². The number of imide groups is 1. The van der Waals surface area contributed by atoms with Crippen molar-refractivity contribution in [3.05, 3.63) is 63.6 Å². The van der Waals surface area contributed by atoms with Gasteiger partial charge in [-0.2, -0.15) is 13.2 Å². The highest BCUT2D eigenvalue weighted by Gasteiger charge is 2.37. The quantitative estimate of drug-likeness (QED) is 0.466. The fourth-order valence-corrected chi connectivity index (χ4v) is 3.86. The summed E-state index contributed by atoms with van der Waals surface area (Å²) in [7, 11) is 0. The SMILES string of the molecule is CC(C)(C)c1ccc(CN2C(=O)SC(=Cc3cc(O)c(O)c(C(F)(F)F)c3)C2=O)cc1. The van der Waals surface area contributed by atoms with Crippen molar-refractivity contribution in [2.45, 2.75) is 38.9 Å². The summed E-state index contributed by atoms with van der Waals surface area (Å²) in [5.74, 6) is -2.91. The highest BCUT2D eigenvalue weighted by Crippen LogP contribution is 2.42. The number of carbonyl (C=O) groups is 2. The van der Waals surface area contributed by atoms with Crippen molar-refractivity contribution in [1.82, 2.24) is 4.90 Å². The van der Waals surface area contributed by atoms with Gasteiger partial charge in [-0.25, -0.2) is 0 Å². The van der Waals surface area contributed by atoms with E-state index >= 15 is 0 Å².